The van der Waals surface area contributed by atoms with Crippen LogP contribution in [0, 0.1) is 11.8 Å². The van der Waals surface area contributed by atoms with Crippen molar-refractivity contribution in [2.45, 2.75) is 52.9 Å². The second-order valence-corrected chi connectivity index (χ2v) is 6.05. The number of nitrogens with one attached hydrogen (secondary N) is 1. The third-order valence-corrected chi connectivity index (χ3v) is 3.69. The van der Waals surface area contributed by atoms with Gasteiger partial charge in [-0.2, -0.15) is 0 Å². The summed E-state index contributed by atoms with van der Waals surface area (Å²) in [4.78, 5) is 14.0. The number of piperidine rings is 1. The van der Waals surface area contributed by atoms with Gasteiger partial charge < -0.3 is 10.2 Å². The summed E-state index contributed by atoms with van der Waals surface area (Å²) in [6.07, 6.45) is 5.45. The zero-order valence-corrected chi connectivity index (χ0v) is 12.4. The lowest BCUT2D eigenvalue weighted by Crippen LogP contribution is -2.41. The normalized spacial score (nSPS) is 21.2. The summed E-state index contributed by atoms with van der Waals surface area (Å²) in [5.41, 5.74) is 0. The van der Waals surface area contributed by atoms with E-state index in [4.69, 9.17) is 0 Å². The van der Waals surface area contributed by atoms with E-state index in [1.54, 1.807) is 0 Å². The molecule has 0 aromatic rings. The first kappa shape index (κ1) is 15.5. The van der Waals surface area contributed by atoms with E-state index >= 15 is 0 Å². The first-order valence-electron chi connectivity index (χ1n) is 7.60. The molecule has 1 unspecified atom stereocenters. The molecule has 1 saturated heterocycles. The molecule has 1 fully saturated rings. The van der Waals surface area contributed by atoms with Crippen molar-refractivity contribution in [1.29, 1.82) is 0 Å². The quantitative estimate of drug-likeness (QED) is 0.757. The Balaban J connectivity index is 2.20. The fourth-order valence-corrected chi connectivity index (χ4v) is 2.54. The summed E-state index contributed by atoms with van der Waals surface area (Å²) in [7, 11) is 0. The van der Waals surface area contributed by atoms with E-state index in [0.29, 0.717) is 12.3 Å². The smallest absolute Gasteiger partial charge is 0.219 e. The maximum atomic E-state index is 11.5. The van der Waals surface area contributed by atoms with Crippen LogP contribution in [0.15, 0.2) is 0 Å². The summed E-state index contributed by atoms with van der Waals surface area (Å²) < 4.78 is 0. The van der Waals surface area contributed by atoms with Crippen molar-refractivity contribution < 1.29 is 4.79 Å². The lowest BCUT2D eigenvalue weighted by Gasteiger charge is -2.33. The monoisotopic (exact) mass is 254 g/mol. The van der Waals surface area contributed by atoms with Crippen LogP contribution < -0.4 is 5.32 Å². The molecule has 18 heavy (non-hydrogen) atoms. The van der Waals surface area contributed by atoms with Crippen molar-refractivity contribution >= 4 is 5.91 Å². The SMILES string of the molecule is CCCC(=O)NCC1CCCN(CCC(C)C)C1. The summed E-state index contributed by atoms with van der Waals surface area (Å²) in [5.74, 6) is 1.66. The molecule has 1 aliphatic rings. The Morgan fingerprint density at radius 3 is 2.89 bits per heavy atom. The van der Waals surface area contributed by atoms with E-state index in [9.17, 15) is 4.79 Å². The van der Waals surface area contributed by atoms with Gasteiger partial charge in [-0.3, -0.25) is 4.79 Å². The van der Waals surface area contributed by atoms with Gasteiger partial charge in [0.25, 0.3) is 0 Å². The van der Waals surface area contributed by atoms with E-state index in [1.807, 2.05) is 6.92 Å². The minimum Gasteiger partial charge on any atom is -0.356 e. The highest BCUT2D eigenvalue weighted by Gasteiger charge is 2.20. The molecule has 1 amide bonds. The van der Waals surface area contributed by atoms with Crippen LogP contribution in [0.2, 0.25) is 0 Å². The predicted octanol–water partition coefficient (Wildman–Crippen LogP) is 2.66. The zero-order valence-electron chi connectivity index (χ0n) is 12.4. The Morgan fingerprint density at radius 2 is 2.22 bits per heavy atom. The van der Waals surface area contributed by atoms with Crippen molar-refractivity contribution in [2.75, 3.05) is 26.2 Å². The van der Waals surface area contributed by atoms with Gasteiger partial charge in [0.05, 0.1) is 0 Å². The molecule has 0 aromatic carbocycles. The molecule has 3 nitrogen and oxygen atoms in total. The highest BCUT2D eigenvalue weighted by Crippen LogP contribution is 2.16. The van der Waals surface area contributed by atoms with Gasteiger partial charge in [0.1, 0.15) is 0 Å². The van der Waals surface area contributed by atoms with Crippen LogP contribution in [0.5, 0.6) is 0 Å². The van der Waals surface area contributed by atoms with Crippen molar-refractivity contribution in [2.24, 2.45) is 11.8 Å². The van der Waals surface area contributed by atoms with Gasteiger partial charge in [-0.15, -0.1) is 0 Å². The molecule has 106 valence electrons. The van der Waals surface area contributed by atoms with Crippen LogP contribution in [0.1, 0.15) is 52.9 Å². The second-order valence-electron chi connectivity index (χ2n) is 6.05. The Labute approximate surface area is 112 Å². The molecule has 3 heteroatoms. The first-order chi connectivity index (χ1) is 8.61. The van der Waals surface area contributed by atoms with Gasteiger partial charge in [0.2, 0.25) is 5.91 Å². The third kappa shape index (κ3) is 6.39. The number of amides is 1. The summed E-state index contributed by atoms with van der Waals surface area (Å²) in [5, 5.41) is 3.07. The van der Waals surface area contributed by atoms with E-state index in [-0.39, 0.29) is 5.91 Å². The molecule has 1 rings (SSSR count). The van der Waals surface area contributed by atoms with Crippen LogP contribution in [0.3, 0.4) is 0 Å². The van der Waals surface area contributed by atoms with Gasteiger partial charge >= 0.3 is 0 Å². The number of nitrogens with zero attached hydrogens (tertiary/aromatic N) is 1. The molecule has 1 aliphatic heterocycles. The molecule has 1 N–H and O–H groups in total. The highest BCUT2D eigenvalue weighted by atomic mass is 16.1. The van der Waals surface area contributed by atoms with Crippen molar-refractivity contribution in [3.63, 3.8) is 0 Å². The average molecular weight is 254 g/mol. The molecule has 1 heterocycles. The number of rotatable bonds is 7. The fourth-order valence-electron chi connectivity index (χ4n) is 2.54. The van der Waals surface area contributed by atoms with Gasteiger partial charge in [0, 0.05) is 19.5 Å². The fraction of sp³-hybridized carbons (Fsp3) is 0.933. The Kier molecular flexibility index (Phi) is 7.33. The Hall–Kier alpha value is -0.570. The highest BCUT2D eigenvalue weighted by molar-refractivity contribution is 5.75. The van der Waals surface area contributed by atoms with Gasteiger partial charge in [-0.1, -0.05) is 20.8 Å². The number of hydrogen-bond acceptors (Lipinski definition) is 2. The molecule has 0 aromatic heterocycles. The number of carbonyl (C=O) groups excluding carboxylic acids is 1. The van der Waals surface area contributed by atoms with Crippen LogP contribution in [-0.2, 0) is 4.79 Å². The maximum Gasteiger partial charge on any atom is 0.219 e. The number of hydrogen-bond donors (Lipinski definition) is 1. The molecule has 0 spiro atoms. The first-order valence-corrected chi connectivity index (χ1v) is 7.60. The molecule has 0 aliphatic carbocycles. The average Bonchev–Trinajstić information content (AvgIpc) is 2.35. The minimum absolute atomic E-state index is 0.219. The Morgan fingerprint density at radius 1 is 1.44 bits per heavy atom. The van der Waals surface area contributed by atoms with Crippen LogP contribution in [0.25, 0.3) is 0 Å². The predicted molar refractivity (Wildman–Crippen MR) is 76.5 cm³/mol. The van der Waals surface area contributed by atoms with Crippen LogP contribution in [-0.4, -0.2) is 37.0 Å². The van der Waals surface area contributed by atoms with Gasteiger partial charge in [0.15, 0.2) is 0 Å². The lowest BCUT2D eigenvalue weighted by atomic mass is 9.97. The summed E-state index contributed by atoms with van der Waals surface area (Å²) in [6, 6.07) is 0. The van der Waals surface area contributed by atoms with Crippen LogP contribution in [0.4, 0.5) is 0 Å². The van der Waals surface area contributed by atoms with Gasteiger partial charge in [-0.25, -0.2) is 0 Å². The zero-order chi connectivity index (χ0) is 13.4. The molecule has 1 atom stereocenters. The van der Waals surface area contributed by atoms with Gasteiger partial charge in [-0.05, 0) is 50.6 Å². The van der Waals surface area contributed by atoms with E-state index in [1.165, 1.54) is 38.9 Å². The van der Waals surface area contributed by atoms with E-state index in [2.05, 4.69) is 24.1 Å². The van der Waals surface area contributed by atoms with E-state index < -0.39 is 0 Å². The molecule has 0 radical (unpaired) electrons. The van der Waals surface area contributed by atoms with E-state index in [0.717, 1.165) is 18.9 Å². The van der Waals surface area contributed by atoms with Crippen molar-refractivity contribution in [3.8, 4) is 0 Å². The van der Waals surface area contributed by atoms with Crippen LogP contribution >= 0.6 is 0 Å². The van der Waals surface area contributed by atoms with Crippen molar-refractivity contribution in [1.82, 2.24) is 10.2 Å². The summed E-state index contributed by atoms with van der Waals surface area (Å²) in [6.45, 7) is 11.1. The topological polar surface area (TPSA) is 32.3 Å². The molecule has 0 saturated carbocycles. The van der Waals surface area contributed by atoms with Crippen molar-refractivity contribution in [3.05, 3.63) is 0 Å². The molecule has 0 bridgehead atoms. The third-order valence-electron chi connectivity index (χ3n) is 3.69. The maximum absolute atomic E-state index is 11.5. The largest absolute Gasteiger partial charge is 0.356 e. The summed E-state index contributed by atoms with van der Waals surface area (Å²) >= 11 is 0. The standard InChI is InChI=1S/C15H30N2O/c1-4-6-15(18)16-11-14-7-5-9-17(12-14)10-8-13(2)3/h13-14H,4-12H2,1-3H3,(H,16,18). The minimum atomic E-state index is 0.219. The lowest BCUT2D eigenvalue weighted by molar-refractivity contribution is -0.121. The molecular formula is C15H30N2O. The Bertz CT molecular complexity index is 241. The second kappa shape index (κ2) is 8.52. The number of carbonyl (C=O) groups is 1. The number of likely N-dealkylation sites (tertiary alicyclic amines) is 1. The molecular weight excluding hydrogens is 224 g/mol.